The quantitative estimate of drug-likeness (QED) is 0.327. The number of benzene rings is 1. The topological polar surface area (TPSA) is 121 Å². The summed E-state index contributed by atoms with van der Waals surface area (Å²) >= 11 is 12.1. The third-order valence-corrected chi connectivity index (χ3v) is 7.97. The number of anilines is 1. The number of allylic oxidation sites excluding steroid dienone is 2. The van der Waals surface area contributed by atoms with Crippen LogP contribution in [0.25, 0.3) is 5.57 Å². The van der Waals surface area contributed by atoms with Crippen LogP contribution in [0, 0.1) is 5.41 Å². The summed E-state index contributed by atoms with van der Waals surface area (Å²) in [6.45, 7) is 0. The zero-order valence-corrected chi connectivity index (χ0v) is 22.4. The molecule has 0 saturated heterocycles. The Hall–Kier alpha value is -3.75. The van der Waals surface area contributed by atoms with Crippen molar-refractivity contribution in [2.45, 2.75) is 44.6 Å². The number of hydrogen-bond donors (Lipinski definition) is 3. The second-order valence-electron chi connectivity index (χ2n) is 9.83. The lowest BCUT2D eigenvalue weighted by atomic mass is 9.57. The van der Waals surface area contributed by atoms with Gasteiger partial charge in [0.25, 0.3) is 5.91 Å². The van der Waals surface area contributed by atoms with Gasteiger partial charge in [0.15, 0.2) is 5.78 Å². The predicted molar refractivity (Wildman–Crippen MR) is 149 cm³/mol. The van der Waals surface area contributed by atoms with Crippen molar-refractivity contribution in [3.05, 3.63) is 93.6 Å². The Kier molecular flexibility index (Phi) is 7.68. The van der Waals surface area contributed by atoms with Crippen molar-refractivity contribution in [1.82, 2.24) is 15.3 Å². The molecule has 2 heterocycles. The maximum atomic E-state index is 13.4. The second kappa shape index (κ2) is 11.2. The average molecular weight is 565 g/mol. The number of amides is 1. The van der Waals surface area contributed by atoms with E-state index >= 15 is 0 Å². The Morgan fingerprint density at radius 3 is 2.28 bits per heavy atom. The molecule has 8 nitrogen and oxygen atoms in total. The molecular weight excluding hydrogens is 539 g/mol. The van der Waals surface area contributed by atoms with Crippen molar-refractivity contribution >= 4 is 52.1 Å². The average Bonchev–Trinajstić information content (AvgIpc) is 2.94. The number of carboxylic acids is 1. The van der Waals surface area contributed by atoms with Gasteiger partial charge in [0.05, 0.1) is 21.0 Å². The Morgan fingerprint density at radius 2 is 1.67 bits per heavy atom. The smallest absolute Gasteiger partial charge is 0.326 e. The summed E-state index contributed by atoms with van der Waals surface area (Å²) in [5, 5.41) is 16.4. The minimum Gasteiger partial charge on any atom is -0.480 e. The van der Waals surface area contributed by atoms with Gasteiger partial charge in [0, 0.05) is 53.7 Å². The summed E-state index contributed by atoms with van der Waals surface area (Å²) in [7, 11) is 0. The van der Waals surface area contributed by atoms with E-state index in [9.17, 15) is 19.5 Å². The largest absolute Gasteiger partial charge is 0.480 e. The monoisotopic (exact) mass is 564 g/mol. The summed E-state index contributed by atoms with van der Waals surface area (Å²) in [4.78, 5) is 46.4. The summed E-state index contributed by atoms with van der Waals surface area (Å²) in [6, 6.07) is 9.52. The summed E-state index contributed by atoms with van der Waals surface area (Å²) in [5.41, 5.74) is 2.66. The number of halogens is 2. The number of carboxylic acid groups (broad SMARTS) is 1. The van der Waals surface area contributed by atoms with Crippen LogP contribution in [0.4, 0.5) is 5.69 Å². The normalized spacial score (nSPS) is 16.9. The van der Waals surface area contributed by atoms with Crippen molar-refractivity contribution in [2.24, 2.45) is 5.41 Å². The van der Waals surface area contributed by atoms with Crippen LogP contribution in [0.1, 0.15) is 53.6 Å². The molecule has 2 aliphatic carbocycles. The van der Waals surface area contributed by atoms with Gasteiger partial charge in [-0.05, 0) is 36.6 Å². The minimum atomic E-state index is -1.02. The number of rotatable bonds is 8. The van der Waals surface area contributed by atoms with E-state index in [1.807, 2.05) is 6.07 Å². The molecule has 200 valence electrons. The lowest BCUT2D eigenvalue weighted by molar-refractivity contribution is -0.140. The van der Waals surface area contributed by atoms with Crippen LogP contribution in [0.3, 0.4) is 0 Å². The van der Waals surface area contributed by atoms with Crippen LogP contribution in [-0.2, 0) is 16.0 Å². The van der Waals surface area contributed by atoms with Crippen molar-refractivity contribution in [3.63, 3.8) is 0 Å². The molecule has 1 amide bonds. The van der Waals surface area contributed by atoms with E-state index in [4.69, 9.17) is 23.2 Å². The highest BCUT2D eigenvalue weighted by Crippen LogP contribution is 2.54. The van der Waals surface area contributed by atoms with Gasteiger partial charge in [-0.15, -0.1) is 0 Å². The van der Waals surface area contributed by atoms with Crippen molar-refractivity contribution in [1.29, 1.82) is 0 Å². The number of aromatic nitrogens is 2. The molecule has 0 aliphatic heterocycles. The van der Waals surface area contributed by atoms with Crippen LogP contribution < -0.4 is 10.6 Å². The third-order valence-electron chi connectivity index (χ3n) is 7.40. The first-order chi connectivity index (χ1) is 18.8. The highest BCUT2D eigenvalue weighted by molar-refractivity contribution is 6.40. The minimum absolute atomic E-state index is 0.0661. The first-order valence-electron chi connectivity index (χ1n) is 12.7. The second-order valence-corrected chi connectivity index (χ2v) is 10.6. The fraction of sp³-hybridized carbons (Fsp3) is 0.276. The predicted octanol–water partition coefficient (Wildman–Crippen LogP) is 5.57. The zero-order valence-electron chi connectivity index (χ0n) is 20.9. The third kappa shape index (κ3) is 5.27. The molecule has 1 saturated carbocycles. The molecule has 1 spiro atoms. The SMILES string of the molecule is O=C(Nc1ccc(CC(NC2=C(c3cccnc3)C(=O)C23CCCCC3)C(=O)O)cc1)c1c(Cl)cncc1Cl. The first kappa shape index (κ1) is 26.8. The van der Waals surface area contributed by atoms with Gasteiger partial charge in [-0.2, -0.15) is 0 Å². The molecular formula is C29H26Cl2N4O4. The Morgan fingerprint density at radius 1 is 0.974 bits per heavy atom. The fourth-order valence-corrected chi connectivity index (χ4v) is 5.96. The number of carbonyl (C=O) groups is 3. The van der Waals surface area contributed by atoms with E-state index in [-0.39, 0.29) is 27.8 Å². The van der Waals surface area contributed by atoms with Crippen LogP contribution in [-0.4, -0.2) is 38.8 Å². The molecule has 1 aromatic carbocycles. The highest BCUT2D eigenvalue weighted by atomic mass is 35.5. The molecule has 10 heteroatoms. The molecule has 0 radical (unpaired) electrons. The van der Waals surface area contributed by atoms with Crippen molar-refractivity contribution < 1.29 is 19.5 Å². The van der Waals surface area contributed by atoms with Gasteiger partial charge in [-0.25, -0.2) is 4.79 Å². The van der Waals surface area contributed by atoms with Crippen LogP contribution in [0.15, 0.2) is 66.9 Å². The van der Waals surface area contributed by atoms with Gasteiger partial charge in [-0.3, -0.25) is 19.6 Å². The number of carbonyl (C=O) groups excluding carboxylic acids is 2. The van der Waals surface area contributed by atoms with Crippen LogP contribution >= 0.6 is 23.2 Å². The molecule has 1 fully saturated rings. The van der Waals surface area contributed by atoms with Gasteiger partial charge in [0.2, 0.25) is 0 Å². The maximum absolute atomic E-state index is 13.4. The Balaban J connectivity index is 1.35. The molecule has 3 N–H and O–H groups in total. The molecule has 39 heavy (non-hydrogen) atoms. The van der Waals surface area contributed by atoms with E-state index < -0.39 is 23.3 Å². The summed E-state index contributed by atoms with van der Waals surface area (Å²) in [6.07, 6.45) is 10.5. The van der Waals surface area contributed by atoms with E-state index in [1.54, 1.807) is 42.7 Å². The van der Waals surface area contributed by atoms with Gasteiger partial charge >= 0.3 is 5.97 Å². The number of ketones is 1. The number of hydrogen-bond acceptors (Lipinski definition) is 6. The van der Waals surface area contributed by atoms with Crippen LogP contribution in [0.5, 0.6) is 0 Å². The van der Waals surface area contributed by atoms with Crippen LogP contribution in [0.2, 0.25) is 10.0 Å². The van der Waals surface area contributed by atoms with Crippen molar-refractivity contribution in [2.75, 3.05) is 5.32 Å². The maximum Gasteiger partial charge on any atom is 0.326 e. The van der Waals surface area contributed by atoms with E-state index in [2.05, 4.69) is 20.6 Å². The van der Waals surface area contributed by atoms with E-state index in [1.165, 1.54) is 12.4 Å². The number of nitrogens with one attached hydrogen (secondary N) is 2. The van der Waals surface area contributed by atoms with E-state index in [0.29, 0.717) is 35.4 Å². The number of pyridine rings is 2. The Bertz CT molecular complexity index is 1430. The molecule has 2 aliphatic rings. The van der Waals surface area contributed by atoms with Gasteiger partial charge in [-0.1, -0.05) is 60.7 Å². The molecule has 3 aromatic rings. The lowest BCUT2D eigenvalue weighted by Crippen LogP contribution is -2.53. The fourth-order valence-electron chi connectivity index (χ4n) is 5.43. The lowest BCUT2D eigenvalue weighted by Gasteiger charge is -2.47. The summed E-state index contributed by atoms with van der Waals surface area (Å²) in [5.74, 6) is -1.43. The number of nitrogens with zero attached hydrogens (tertiary/aromatic N) is 2. The highest BCUT2D eigenvalue weighted by Gasteiger charge is 2.54. The van der Waals surface area contributed by atoms with Crippen molar-refractivity contribution in [3.8, 4) is 0 Å². The standard InChI is InChI=1S/C29H26Cl2N4O4/c30-20-15-33-16-21(31)24(20)27(37)34-19-8-6-17(7-9-19)13-22(28(38)39)35-25-23(18-5-4-12-32-14-18)26(36)29(25)10-2-1-3-11-29/h4-9,12,14-16,22,35H,1-3,10-11,13H2,(H,34,37)(H,38,39). The number of Topliss-reactive ketones (excluding diaryl/α,β-unsaturated/α-hetero) is 1. The van der Waals surface area contributed by atoms with Gasteiger partial charge < -0.3 is 15.7 Å². The zero-order chi connectivity index (χ0) is 27.6. The molecule has 2 aromatic heterocycles. The number of aliphatic carboxylic acids is 1. The molecule has 1 unspecified atom stereocenters. The first-order valence-corrected chi connectivity index (χ1v) is 13.4. The van der Waals surface area contributed by atoms with E-state index in [0.717, 1.165) is 24.8 Å². The molecule has 0 bridgehead atoms. The summed E-state index contributed by atoms with van der Waals surface area (Å²) < 4.78 is 0. The van der Waals surface area contributed by atoms with Gasteiger partial charge in [0.1, 0.15) is 6.04 Å². The molecule has 5 rings (SSSR count). The molecule has 1 atom stereocenters. The Labute approximate surface area is 235 Å².